The molecule has 0 saturated carbocycles. The van der Waals surface area contributed by atoms with Crippen LogP contribution in [0.4, 0.5) is 21.0 Å². The Hall–Kier alpha value is -2.32. The van der Waals surface area contributed by atoms with Crippen LogP contribution in [0.15, 0.2) is 24.3 Å². The quantitative estimate of drug-likeness (QED) is 0.622. The fraction of sp³-hybridized carbons (Fsp3) is 0.333. The van der Waals surface area contributed by atoms with Gasteiger partial charge in [-0.15, -0.1) is 0 Å². The Bertz CT molecular complexity index is 415. The van der Waals surface area contributed by atoms with E-state index in [1.807, 2.05) is 0 Å². The smallest absolute Gasteiger partial charge is 0.413 e. The van der Waals surface area contributed by atoms with Crippen LogP contribution in [-0.4, -0.2) is 35.0 Å². The van der Waals surface area contributed by atoms with Gasteiger partial charge in [-0.3, -0.25) is 10.6 Å². The number of nitrogens with one attached hydrogen (secondary N) is 2. The van der Waals surface area contributed by atoms with Gasteiger partial charge in [-0.25, -0.2) is 9.59 Å². The molecule has 1 aromatic rings. The highest BCUT2D eigenvalue weighted by molar-refractivity contribution is 5.87. The normalized spacial score (nSPS) is 13.0. The van der Waals surface area contributed by atoms with Gasteiger partial charge in [-0.2, -0.15) is 0 Å². The maximum atomic E-state index is 11.2. The number of ether oxygens (including phenoxy) is 2. The first-order chi connectivity index (χ1) is 9.36. The minimum absolute atomic E-state index is 0.421. The van der Waals surface area contributed by atoms with Gasteiger partial charge in [0.05, 0.1) is 0 Å². The lowest BCUT2D eigenvalue weighted by Gasteiger charge is -2.10. The molecule has 110 valence electrons. The molecule has 0 heterocycles. The van der Waals surface area contributed by atoms with Crippen LogP contribution in [0.1, 0.15) is 13.8 Å². The molecule has 0 bridgehead atoms. The van der Waals surface area contributed by atoms with E-state index in [0.29, 0.717) is 11.4 Å². The Morgan fingerprint density at radius 2 is 1.20 bits per heavy atom. The van der Waals surface area contributed by atoms with E-state index >= 15 is 0 Å². The predicted octanol–water partition coefficient (Wildman–Crippen LogP) is 1.46. The van der Waals surface area contributed by atoms with E-state index < -0.39 is 24.8 Å². The predicted molar refractivity (Wildman–Crippen MR) is 70.0 cm³/mol. The van der Waals surface area contributed by atoms with Crippen molar-refractivity contribution < 1.29 is 29.3 Å². The van der Waals surface area contributed by atoms with E-state index in [1.165, 1.54) is 38.1 Å². The lowest BCUT2D eigenvalue weighted by molar-refractivity contribution is -0.0324. The van der Waals surface area contributed by atoms with Crippen molar-refractivity contribution in [3.05, 3.63) is 24.3 Å². The number of carbonyl (C=O) groups is 2. The third-order valence-corrected chi connectivity index (χ3v) is 1.93. The van der Waals surface area contributed by atoms with E-state index in [9.17, 15) is 9.59 Å². The number of anilines is 2. The molecule has 0 fully saturated rings. The summed E-state index contributed by atoms with van der Waals surface area (Å²) in [5, 5.41) is 22.5. The molecule has 0 aromatic heterocycles. The molecule has 0 saturated heterocycles. The van der Waals surface area contributed by atoms with Crippen molar-refractivity contribution in [1.82, 2.24) is 0 Å². The zero-order valence-electron chi connectivity index (χ0n) is 11.0. The van der Waals surface area contributed by atoms with Crippen molar-refractivity contribution in [2.24, 2.45) is 0 Å². The molecule has 1 aromatic carbocycles. The van der Waals surface area contributed by atoms with Gasteiger partial charge in [0, 0.05) is 11.4 Å². The highest BCUT2D eigenvalue weighted by Crippen LogP contribution is 2.14. The number of hydrogen-bond donors (Lipinski definition) is 4. The number of amides is 2. The van der Waals surface area contributed by atoms with Crippen molar-refractivity contribution >= 4 is 23.6 Å². The van der Waals surface area contributed by atoms with Gasteiger partial charge >= 0.3 is 12.2 Å². The van der Waals surface area contributed by atoms with Crippen LogP contribution >= 0.6 is 0 Å². The monoisotopic (exact) mass is 284 g/mol. The SMILES string of the molecule is CC(O)OC(=O)Nc1ccc(NC(=O)OC(C)O)cc1. The maximum absolute atomic E-state index is 11.2. The fourth-order valence-corrected chi connectivity index (χ4v) is 1.24. The van der Waals surface area contributed by atoms with Gasteiger partial charge < -0.3 is 19.7 Å². The first-order valence-electron chi connectivity index (χ1n) is 5.78. The summed E-state index contributed by atoms with van der Waals surface area (Å²) in [4.78, 5) is 22.4. The topological polar surface area (TPSA) is 117 Å². The Morgan fingerprint density at radius 3 is 1.45 bits per heavy atom. The molecule has 0 spiro atoms. The van der Waals surface area contributed by atoms with Crippen molar-refractivity contribution in [2.45, 2.75) is 26.4 Å². The Labute approximate surface area is 115 Å². The number of aliphatic hydroxyl groups excluding tert-OH is 2. The van der Waals surface area contributed by atoms with Gasteiger partial charge in [0.1, 0.15) is 0 Å². The number of carbonyl (C=O) groups excluding carboxylic acids is 2. The first-order valence-corrected chi connectivity index (χ1v) is 5.78. The number of benzene rings is 1. The van der Waals surface area contributed by atoms with Crippen molar-refractivity contribution in [1.29, 1.82) is 0 Å². The van der Waals surface area contributed by atoms with Crippen molar-refractivity contribution in [2.75, 3.05) is 10.6 Å². The zero-order valence-corrected chi connectivity index (χ0v) is 11.0. The lowest BCUT2D eigenvalue weighted by atomic mass is 10.3. The second kappa shape index (κ2) is 7.31. The van der Waals surface area contributed by atoms with Crippen LogP contribution in [0.25, 0.3) is 0 Å². The van der Waals surface area contributed by atoms with Crippen molar-refractivity contribution in [3.8, 4) is 0 Å². The van der Waals surface area contributed by atoms with Gasteiger partial charge in [-0.05, 0) is 38.1 Å². The third-order valence-electron chi connectivity index (χ3n) is 1.93. The summed E-state index contributed by atoms with van der Waals surface area (Å²) in [6, 6.07) is 6.06. The first kappa shape index (κ1) is 15.7. The molecule has 8 nitrogen and oxygen atoms in total. The Kier molecular flexibility index (Phi) is 5.75. The van der Waals surface area contributed by atoms with Gasteiger partial charge in [0.2, 0.25) is 0 Å². The van der Waals surface area contributed by atoms with Crippen LogP contribution < -0.4 is 10.6 Å². The largest absolute Gasteiger partial charge is 0.420 e. The number of hydrogen-bond acceptors (Lipinski definition) is 6. The van der Waals surface area contributed by atoms with Crippen molar-refractivity contribution in [3.63, 3.8) is 0 Å². The molecule has 2 atom stereocenters. The van der Waals surface area contributed by atoms with Crippen LogP contribution in [0.5, 0.6) is 0 Å². The molecule has 4 N–H and O–H groups in total. The summed E-state index contributed by atoms with van der Waals surface area (Å²) in [5.74, 6) is 0. The zero-order chi connectivity index (χ0) is 15.1. The molecule has 8 heteroatoms. The van der Waals surface area contributed by atoms with Crippen LogP contribution in [0.3, 0.4) is 0 Å². The molecule has 0 radical (unpaired) electrons. The maximum Gasteiger partial charge on any atom is 0.413 e. The standard InChI is InChI=1S/C12H16N2O6/c1-7(15)19-11(17)13-9-3-5-10(6-4-9)14-12(18)20-8(2)16/h3-8,15-16H,1-2H3,(H,13,17)(H,14,18). The molecule has 1 rings (SSSR count). The third kappa shape index (κ3) is 6.03. The summed E-state index contributed by atoms with van der Waals surface area (Å²) in [6.07, 6.45) is -4.00. The summed E-state index contributed by atoms with van der Waals surface area (Å²) in [5.41, 5.74) is 0.843. The molecular weight excluding hydrogens is 268 g/mol. The van der Waals surface area contributed by atoms with E-state index in [0.717, 1.165) is 0 Å². The molecule has 0 aliphatic carbocycles. The van der Waals surface area contributed by atoms with Gasteiger partial charge in [0.15, 0.2) is 12.6 Å². The molecular formula is C12H16N2O6. The second-order valence-electron chi connectivity index (χ2n) is 3.84. The van der Waals surface area contributed by atoms with E-state index in [-0.39, 0.29) is 0 Å². The van der Waals surface area contributed by atoms with Gasteiger partial charge in [0.25, 0.3) is 0 Å². The highest BCUT2D eigenvalue weighted by atomic mass is 16.6. The van der Waals surface area contributed by atoms with Crippen LogP contribution in [-0.2, 0) is 9.47 Å². The minimum Gasteiger partial charge on any atom is -0.420 e. The van der Waals surface area contributed by atoms with E-state index in [1.54, 1.807) is 0 Å². The fourth-order valence-electron chi connectivity index (χ4n) is 1.24. The average Bonchev–Trinajstić information content (AvgIpc) is 2.29. The molecule has 2 unspecified atom stereocenters. The number of rotatable bonds is 4. The Balaban J connectivity index is 2.52. The summed E-state index contributed by atoms with van der Waals surface area (Å²) < 4.78 is 8.96. The summed E-state index contributed by atoms with van der Waals surface area (Å²) in [6.45, 7) is 2.61. The molecule has 2 amide bonds. The summed E-state index contributed by atoms with van der Waals surface area (Å²) in [7, 11) is 0. The van der Waals surface area contributed by atoms with E-state index in [4.69, 9.17) is 10.2 Å². The van der Waals surface area contributed by atoms with E-state index in [2.05, 4.69) is 20.1 Å². The molecule has 0 aliphatic rings. The second-order valence-corrected chi connectivity index (χ2v) is 3.84. The number of aliphatic hydroxyl groups is 2. The average molecular weight is 284 g/mol. The Morgan fingerprint density at radius 1 is 0.900 bits per heavy atom. The highest BCUT2D eigenvalue weighted by Gasteiger charge is 2.08. The lowest BCUT2D eigenvalue weighted by Crippen LogP contribution is -2.20. The summed E-state index contributed by atoms with van der Waals surface area (Å²) >= 11 is 0. The van der Waals surface area contributed by atoms with Gasteiger partial charge in [-0.1, -0.05) is 0 Å². The van der Waals surface area contributed by atoms with Crippen LogP contribution in [0, 0.1) is 0 Å². The van der Waals surface area contributed by atoms with Crippen LogP contribution in [0.2, 0.25) is 0 Å². The minimum atomic E-state index is -1.20. The molecule has 20 heavy (non-hydrogen) atoms. The molecule has 0 aliphatic heterocycles.